The first-order valence-electron chi connectivity index (χ1n) is 3.86. The summed E-state index contributed by atoms with van der Waals surface area (Å²) in [6, 6.07) is 5.68. The summed E-state index contributed by atoms with van der Waals surface area (Å²) in [5.74, 6) is 0.410. The average molecular weight is 239 g/mol. The number of halogens is 1. The van der Waals surface area contributed by atoms with Gasteiger partial charge in [0.05, 0.1) is 0 Å². The Morgan fingerprint density at radius 2 is 2.23 bits per heavy atom. The van der Waals surface area contributed by atoms with Crippen LogP contribution >= 0.6 is 15.9 Å². The Morgan fingerprint density at radius 1 is 1.46 bits per heavy atom. The van der Waals surface area contributed by atoms with E-state index in [1.807, 2.05) is 25.1 Å². The normalized spacial score (nSPS) is 10.6. The lowest BCUT2D eigenvalue weighted by Gasteiger charge is -1.89. The molecule has 0 aliphatic rings. The molecule has 0 saturated heterocycles. The third-order valence-corrected chi connectivity index (χ3v) is 2.54. The van der Waals surface area contributed by atoms with Crippen LogP contribution in [0.3, 0.4) is 0 Å². The zero-order valence-electron chi connectivity index (χ0n) is 7.00. The molecule has 0 spiro atoms. The van der Waals surface area contributed by atoms with Crippen LogP contribution in [0.4, 0.5) is 0 Å². The average Bonchev–Trinajstić information content (AvgIpc) is 2.44. The largest absolute Gasteiger partial charge is 0.453 e. The highest BCUT2D eigenvalue weighted by Gasteiger charge is 2.08. The standard InChI is InChI=1S/C10H7BrO2/c1-6-8-4-7(11)2-3-9(8)13-10(6)5-12/h2-5H,1H3. The molecule has 0 N–H and O–H groups in total. The maximum Gasteiger partial charge on any atom is 0.185 e. The summed E-state index contributed by atoms with van der Waals surface area (Å²) in [7, 11) is 0. The highest BCUT2D eigenvalue weighted by Crippen LogP contribution is 2.26. The van der Waals surface area contributed by atoms with Crippen LogP contribution in [0.2, 0.25) is 0 Å². The van der Waals surface area contributed by atoms with Gasteiger partial charge in [0.25, 0.3) is 0 Å². The number of benzene rings is 1. The number of furan rings is 1. The molecular formula is C10H7BrO2. The lowest BCUT2D eigenvalue weighted by atomic mass is 10.1. The second-order valence-corrected chi connectivity index (χ2v) is 3.77. The quantitative estimate of drug-likeness (QED) is 0.714. The van der Waals surface area contributed by atoms with Crippen LogP contribution in [-0.4, -0.2) is 6.29 Å². The van der Waals surface area contributed by atoms with Gasteiger partial charge in [0.2, 0.25) is 0 Å². The van der Waals surface area contributed by atoms with E-state index in [4.69, 9.17) is 4.42 Å². The van der Waals surface area contributed by atoms with Crippen molar-refractivity contribution in [3.8, 4) is 0 Å². The van der Waals surface area contributed by atoms with Crippen LogP contribution in [0.15, 0.2) is 27.1 Å². The van der Waals surface area contributed by atoms with Crippen LogP contribution in [0.1, 0.15) is 16.1 Å². The lowest BCUT2D eigenvalue weighted by Crippen LogP contribution is -1.76. The molecule has 1 aromatic heterocycles. The zero-order valence-corrected chi connectivity index (χ0v) is 8.59. The second-order valence-electron chi connectivity index (χ2n) is 2.85. The summed E-state index contributed by atoms with van der Waals surface area (Å²) in [6.07, 6.45) is 0.739. The molecule has 0 aliphatic carbocycles. The molecule has 0 fully saturated rings. The van der Waals surface area contributed by atoms with Gasteiger partial charge in [-0.15, -0.1) is 0 Å². The molecule has 0 unspecified atom stereocenters. The van der Waals surface area contributed by atoms with Gasteiger partial charge in [-0.25, -0.2) is 0 Å². The van der Waals surface area contributed by atoms with E-state index in [2.05, 4.69) is 15.9 Å². The van der Waals surface area contributed by atoms with Gasteiger partial charge in [-0.2, -0.15) is 0 Å². The molecule has 0 saturated carbocycles. The molecule has 13 heavy (non-hydrogen) atoms. The van der Waals surface area contributed by atoms with E-state index < -0.39 is 0 Å². The van der Waals surface area contributed by atoms with Crippen molar-refractivity contribution in [1.29, 1.82) is 0 Å². The molecule has 66 valence electrons. The smallest absolute Gasteiger partial charge is 0.185 e. The molecule has 0 amide bonds. The second kappa shape index (κ2) is 3.00. The molecule has 1 heterocycles. The van der Waals surface area contributed by atoms with Gasteiger partial charge in [0.15, 0.2) is 12.0 Å². The molecule has 2 nitrogen and oxygen atoms in total. The number of hydrogen-bond donors (Lipinski definition) is 0. The number of carbonyl (C=O) groups is 1. The number of hydrogen-bond acceptors (Lipinski definition) is 2. The summed E-state index contributed by atoms with van der Waals surface area (Å²) in [6.45, 7) is 1.88. The molecule has 0 bridgehead atoms. The Hall–Kier alpha value is -1.09. The Labute approximate surface area is 83.7 Å². The van der Waals surface area contributed by atoms with Crippen LogP contribution in [-0.2, 0) is 0 Å². The van der Waals surface area contributed by atoms with Crippen molar-refractivity contribution < 1.29 is 9.21 Å². The monoisotopic (exact) mass is 238 g/mol. The zero-order chi connectivity index (χ0) is 9.42. The Kier molecular flexibility index (Phi) is 1.96. The van der Waals surface area contributed by atoms with Crippen molar-refractivity contribution in [2.75, 3.05) is 0 Å². The van der Waals surface area contributed by atoms with E-state index in [-0.39, 0.29) is 0 Å². The summed E-state index contributed by atoms with van der Waals surface area (Å²) in [4.78, 5) is 10.6. The summed E-state index contributed by atoms with van der Waals surface area (Å²) in [5.41, 5.74) is 1.65. The summed E-state index contributed by atoms with van der Waals surface area (Å²) in [5, 5.41) is 0.983. The van der Waals surface area contributed by atoms with Crippen molar-refractivity contribution in [3.05, 3.63) is 34.0 Å². The first-order valence-corrected chi connectivity index (χ1v) is 4.65. The van der Waals surface area contributed by atoms with E-state index in [9.17, 15) is 4.79 Å². The van der Waals surface area contributed by atoms with Crippen molar-refractivity contribution in [3.63, 3.8) is 0 Å². The third kappa shape index (κ3) is 1.29. The first kappa shape index (κ1) is 8.51. The molecule has 1 aromatic carbocycles. The molecule has 0 aliphatic heterocycles. The van der Waals surface area contributed by atoms with Crippen molar-refractivity contribution in [2.45, 2.75) is 6.92 Å². The maximum absolute atomic E-state index is 10.6. The fourth-order valence-electron chi connectivity index (χ4n) is 1.32. The minimum atomic E-state index is 0.410. The number of fused-ring (bicyclic) bond motifs is 1. The minimum Gasteiger partial charge on any atom is -0.453 e. The molecular weight excluding hydrogens is 232 g/mol. The summed E-state index contributed by atoms with van der Waals surface area (Å²) < 4.78 is 6.30. The van der Waals surface area contributed by atoms with Crippen LogP contribution in [0, 0.1) is 6.92 Å². The van der Waals surface area contributed by atoms with Gasteiger partial charge >= 0.3 is 0 Å². The highest BCUT2D eigenvalue weighted by atomic mass is 79.9. The fourth-order valence-corrected chi connectivity index (χ4v) is 1.69. The van der Waals surface area contributed by atoms with Crippen molar-refractivity contribution in [2.24, 2.45) is 0 Å². The number of aldehydes is 1. The van der Waals surface area contributed by atoms with Crippen LogP contribution in [0.5, 0.6) is 0 Å². The lowest BCUT2D eigenvalue weighted by molar-refractivity contribution is 0.110. The van der Waals surface area contributed by atoms with Gasteiger partial charge < -0.3 is 4.42 Å². The van der Waals surface area contributed by atoms with Gasteiger partial charge in [-0.3, -0.25) is 4.79 Å². The van der Waals surface area contributed by atoms with E-state index in [0.717, 1.165) is 27.3 Å². The van der Waals surface area contributed by atoms with Gasteiger partial charge in [-0.1, -0.05) is 15.9 Å². The van der Waals surface area contributed by atoms with Gasteiger partial charge in [-0.05, 0) is 25.1 Å². The first-order chi connectivity index (χ1) is 6.22. The maximum atomic E-state index is 10.6. The minimum absolute atomic E-state index is 0.410. The predicted molar refractivity (Wildman–Crippen MR) is 54.0 cm³/mol. The van der Waals surface area contributed by atoms with E-state index in [1.165, 1.54) is 0 Å². The Balaban J connectivity index is 2.84. The van der Waals surface area contributed by atoms with Gasteiger partial charge in [0, 0.05) is 15.4 Å². The van der Waals surface area contributed by atoms with Crippen molar-refractivity contribution in [1.82, 2.24) is 0 Å². The molecule has 0 radical (unpaired) electrons. The SMILES string of the molecule is Cc1c(C=O)oc2ccc(Br)cc12. The molecule has 2 aromatic rings. The van der Waals surface area contributed by atoms with E-state index in [0.29, 0.717) is 5.76 Å². The predicted octanol–water partition coefficient (Wildman–Crippen LogP) is 3.32. The number of aryl methyl sites for hydroxylation is 1. The fraction of sp³-hybridized carbons (Fsp3) is 0.100. The van der Waals surface area contributed by atoms with Crippen LogP contribution < -0.4 is 0 Å². The third-order valence-electron chi connectivity index (χ3n) is 2.04. The summed E-state index contributed by atoms with van der Waals surface area (Å²) >= 11 is 3.37. The molecule has 2 rings (SSSR count). The Morgan fingerprint density at radius 3 is 2.92 bits per heavy atom. The molecule has 0 atom stereocenters. The Bertz CT molecular complexity index is 471. The van der Waals surface area contributed by atoms with Crippen molar-refractivity contribution >= 4 is 33.2 Å². The highest BCUT2D eigenvalue weighted by molar-refractivity contribution is 9.10. The van der Waals surface area contributed by atoms with E-state index in [1.54, 1.807) is 0 Å². The number of carbonyl (C=O) groups excluding carboxylic acids is 1. The van der Waals surface area contributed by atoms with E-state index >= 15 is 0 Å². The number of rotatable bonds is 1. The topological polar surface area (TPSA) is 30.2 Å². The van der Waals surface area contributed by atoms with Crippen LogP contribution in [0.25, 0.3) is 11.0 Å². The van der Waals surface area contributed by atoms with Gasteiger partial charge in [0.1, 0.15) is 5.58 Å². The molecule has 3 heteroatoms.